The first-order chi connectivity index (χ1) is 11.0. The van der Waals surface area contributed by atoms with E-state index in [1.807, 2.05) is 36.6 Å². The molecule has 2 rings (SSSR count). The van der Waals surface area contributed by atoms with Crippen molar-refractivity contribution in [1.29, 1.82) is 0 Å². The van der Waals surface area contributed by atoms with Crippen molar-refractivity contribution in [2.75, 3.05) is 26.2 Å². The Bertz CT molecular complexity index is 540. The van der Waals surface area contributed by atoms with E-state index >= 15 is 0 Å². The summed E-state index contributed by atoms with van der Waals surface area (Å²) in [7, 11) is 1.94. The Balaban J connectivity index is 1.89. The Labute approximate surface area is 137 Å². The average Bonchev–Trinajstić information content (AvgIpc) is 2.92. The maximum atomic E-state index is 12.5. The van der Waals surface area contributed by atoms with Crippen LogP contribution in [0.1, 0.15) is 38.6 Å². The van der Waals surface area contributed by atoms with Crippen molar-refractivity contribution in [2.45, 2.75) is 32.7 Å². The molecule has 0 spiro atoms. The van der Waals surface area contributed by atoms with Gasteiger partial charge in [0.1, 0.15) is 11.9 Å². The SMILES string of the molecule is CC(C)CC(=O)NCCC(=O)N1CCNCC1c1nccn1C. The molecule has 7 nitrogen and oxygen atoms in total. The van der Waals surface area contributed by atoms with E-state index < -0.39 is 0 Å². The molecule has 1 aromatic rings. The number of rotatable bonds is 6. The highest BCUT2D eigenvalue weighted by molar-refractivity contribution is 5.79. The third kappa shape index (κ3) is 4.79. The predicted molar refractivity (Wildman–Crippen MR) is 87.6 cm³/mol. The van der Waals surface area contributed by atoms with Gasteiger partial charge in [0.15, 0.2) is 0 Å². The molecular weight excluding hydrogens is 294 g/mol. The Morgan fingerprint density at radius 1 is 1.48 bits per heavy atom. The molecule has 2 heterocycles. The van der Waals surface area contributed by atoms with E-state index in [1.54, 1.807) is 6.20 Å². The molecule has 1 fully saturated rings. The summed E-state index contributed by atoms with van der Waals surface area (Å²) >= 11 is 0. The van der Waals surface area contributed by atoms with Crippen molar-refractivity contribution in [2.24, 2.45) is 13.0 Å². The Hall–Kier alpha value is -1.89. The molecule has 2 amide bonds. The van der Waals surface area contributed by atoms with E-state index in [9.17, 15) is 9.59 Å². The first-order valence-electron chi connectivity index (χ1n) is 8.23. The highest BCUT2D eigenvalue weighted by atomic mass is 16.2. The number of hydrogen-bond acceptors (Lipinski definition) is 4. The summed E-state index contributed by atoms with van der Waals surface area (Å²) in [6, 6.07) is -0.0531. The van der Waals surface area contributed by atoms with Crippen molar-refractivity contribution in [3.05, 3.63) is 18.2 Å². The highest BCUT2D eigenvalue weighted by Crippen LogP contribution is 2.21. The molecule has 2 N–H and O–H groups in total. The maximum Gasteiger partial charge on any atom is 0.225 e. The van der Waals surface area contributed by atoms with E-state index in [1.165, 1.54) is 0 Å². The summed E-state index contributed by atoms with van der Waals surface area (Å²) in [5, 5.41) is 6.14. The monoisotopic (exact) mass is 321 g/mol. The minimum atomic E-state index is -0.0531. The van der Waals surface area contributed by atoms with Crippen LogP contribution in [0.25, 0.3) is 0 Å². The van der Waals surface area contributed by atoms with Gasteiger partial charge in [0, 0.05) is 58.5 Å². The molecule has 0 saturated carbocycles. The van der Waals surface area contributed by atoms with Gasteiger partial charge in [-0.3, -0.25) is 9.59 Å². The van der Waals surface area contributed by atoms with Crippen LogP contribution in [0.4, 0.5) is 0 Å². The number of imidazole rings is 1. The van der Waals surface area contributed by atoms with Gasteiger partial charge in [-0.25, -0.2) is 4.98 Å². The van der Waals surface area contributed by atoms with Gasteiger partial charge in [-0.05, 0) is 5.92 Å². The average molecular weight is 321 g/mol. The summed E-state index contributed by atoms with van der Waals surface area (Å²) in [5.74, 6) is 1.28. The third-order valence-electron chi connectivity index (χ3n) is 3.97. The first-order valence-corrected chi connectivity index (χ1v) is 8.23. The second-order valence-corrected chi connectivity index (χ2v) is 6.40. The number of aryl methyl sites for hydroxylation is 1. The molecule has 7 heteroatoms. The number of nitrogens with one attached hydrogen (secondary N) is 2. The number of amides is 2. The van der Waals surface area contributed by atoms with E-state index in [0.29, 0.717) is 38.4 Å². The van der Waals surface area contributed by atoms with Gasteiger partial charge in [-0.1, -0.05) is 13.8 Å². The molecule has 0 aromatic carbocycles. The molecule has 1 aliphatic heterocycles. The molecule has 0 radical (unpaired) electrons. The third-order valence-corrected chi connectivity index (χ3v) is 3.97. The van der Waals surface area contributed by atoms with Crippen molar-refractivity contribution >= 4 is 11.8 Å². The first kappa shape index (κ1) is 17.5. The fourth-order valence-corrected chi connectivity index (χ4v) is 2.83. The minimum Gasteiger partial charge on any atom is -0.356 e. The molecule has 1 atom stereocenters. The van der Waals surface area contributed by atoms with Crippen LogP contribution in [0, 0.1) is 5.92 Å². The number of nitrogens with zero attached hydrogens (tertiary/aromatic N) is 3. The molecule has 23 heavy (non-hydrogen) atoms. The molecule has 0 aliphatic carbocycles. The van der Waals surface area contributed by atoms with Crippen LogP contribution in [0.5, 0.6) is 0 Å². The summed E-state index contributed by atoms with van der Waals surface area (Å²) in [6.45, 7) is 6.55. The highest BCUT2D eigenvalue weighted by Gasteiger charge is 2.29. The number of aromatic nitrogens is 2. The van der Waals surface area contributed by atoms with E-state index in [2.05, 4.69) is 15.6 Å². The van der Waals surface area contributed by atoms with Gasteiger partial charge in [-0.15, -0.1) is 0 Å². The largest absolute Gasteiger partial charge is 0.356 e. The van der Waals surface area contributed by atoms with Crippen LogP contribution in [-0.2, 0) is 16.6 Å². The lowest BCUT2D eigenvalue weighted by atomic mass is 10.1. The van der Waals surface area contributed by atoms with E-state index in [-0.39, 0.29) is 17.9 Å². The van der Waals surface area contributed by atoms with Crippen molar-refractivity contribution in [3.8, 4) is 0 Å². The van der Waals surface area contributed by atoms with Crippen LogP contribution < -0.4 is 10.6 Å². The van der Waals surface area contributed by atoms with Crippen LogP contribution >= 0.6 is 0 Å². The van der Waals surface area contributed by atoms with Gasteiger partial charge in [0.2, 0.25) is 11.8 Å². The van der Waals surface area contributed by atoms with Crippen LogP contribution in [0.15, 0.2) is 12.4 Å². The second kappa shape index (κ2) is 8.10. The van der Waals surface area contributed by atoms with Gasteiger partial charge in [0.25, 0.3) is 0 Å². The number of carbonyl (C=O) groups is 2. The number of carbonyl (C=O) groups excluding carboxylic acids is 2. The van der Waals surface area contributed by atoms with Crippen LogP contribution in [0.2, 0.25) is 0 Å². The zero-order valence-corrected chi connectivity index (χ0v) is 14.2. The second-order valence-electron chi connectivity index (χ2n) is 6.40. The fraction of sp³-hybridized carbons (Fsp3) is 0.688. The smallest absolute Gasteiger partial charge is 0.225 e. The van der Waals surface area contributed by atoms with Crippen molar-refractivity contribution < 1.29 is 9.59 Å². The maximum absolute atomic E-state index is 12.5. The molecule has 1 unspecified atom stereocenters. The minimum absolute atomic E-state index is 0.00811. The quantitative estimate of drug-likeness (QED) is 0.797. The molecule has 1 saturated heterocycles. The topological polar surface area (TPSA) is 79.3 Å². The summed E-state index contributed by atoms with van der Waals surface area (Å²) in [4.78, 5) is 30.4. The lowest BCUT2D eigenvalue weighted by molar-refractivity contribution is -0.134. The molecule has 128 valence electrons. The van der Waals surface area contributed by atoms with E-state index in [0.717, 1.165) is 12.4 Å². The Morgan fingerprint density at radius 3 is 2.91 bits per heavy atom. The zero-order valence-electron chi connectivity index (χ0n) is 14.2. The van der Waals surface area contributed by atoms with Crippen molar-refractivity contribution in [1.82, 2.24) is 25.1 Å². The lowest BCUT2D eigenvalue weighted by Gasteiger charge is -2.35. The summed E-state index contributed by atoms with van der Waals surface area (Å²) in [5.41, 5.74) is 0. The summed E-state index contributed by atoms with van der Waals surface area (Å²) < 4.78 is 1.95. The van der Waals surface area contributed by atoms with E-state index in [4.69, 9.17) is 0 Å². The van der Waals surface area contributed by atoms with Gasteiger partial charge in [0.05, 0.1) is 0 Å². The zero-order chi connectivity index (χ0) is 16.8. The van der Waals surface area contributed by atoms with Crippen LogP contribution in [-0.4, -0.2) is 52.4 Å². The van der Waals surface area contributed by atoms with Gasteiger partial charge < -0.3 is 20.1 Å². The van der Waals surface area contributed by atoms with Crippen LogP contribution in [0.3, 0.4) is 0 Å². The fourth-order valence-electron chi connectivity index (χ4n) is 2.83. The molecule has 1 aromatic heterocycles. The standard InChI is InChI=1S/C16H27N5O2/c1-12(2)10-14(22)18-5-4-15(23)21-9-6-17-11-13(21)16-19-7-8-20(16)3/h7-8,12-13,17H,4-6,9-11H2,1-3H3,(H,18,22). The predicted octanol–water partition coefficient (Wildman–Crippen LogP) is 0.445. The normalized spacial score (nSPS) is 18.3. The number of piperazine rings is 1. The van der Waals surface area contributed by atoms with Gasteiger partial charge in [-0.2, -0.15) is 0 Å². The number of hydrogen-bond donors (Lipinski definition) is 2. The van der Waals surface area contributed by atoms with Gasteiger partial charge >= 0.3 is 0 Å². The summed E-state index contributed by atoms with van der Waals surface area (Å²) in [6.07, 6.45) is 4.46. The lowest BCUT2D eigenvalue weighted by Crippen LogP contribution is -2.50. The molecule has 1 aliphatic rings. The van der Waals surface area contributed by atoms with Crippen molar-refractivity contribution in [3.63, 3.8) is 0 Å². The Kier molecular flexibility index (Phi) is 6.15. The molecular formula is C16H27N5O2. The molecule has 0 bridgehead atoms. The Morgan fingerprint density at radius 2 is 2.26 bits per heavy atom.